The third kappa shape index (κ3) is 1.89. The van der Waals surface area contributed by atoms with Gasteiger partial charge in [0.05, 0.1) is 30.1 Å². The number of hydrogen-bond acceptors (Lipinski definition) is 3. The molecule has 0 radical (unpaired) electrons. The second kappa shape index (κ2) is 3.82. The Morgan fingerprint density at radius 2 is 2.13 bits per heavy atom. The smallest absolute Gasteiger partial charge is 0.0995 e. The molecule has 0 spiro atoms. The summed E-state index contributed by atoms with van der Waals surface area (Å²) < 4.78 is 1.96. The lowest BCUT2D eigenvalue weighted by atomic mass is 10.2. The standard InChI is InChI=1S/C11H14N4/c1-8-3-4-10(5-14-8)15-7-13-6-11(15)9(2)12/h3-7,9H,12H2,1-2H3/t9-/m0/s1. The third-order valence-electron chi connectivity index (χ3n) is 2.31. The molecule has 4 nitrogen and oxygen atoms in total. The predicted molar refractivity (Wildman–Crippen MR) is 58.7 cm³/mol. The summed E-state index contributed by atoms with van der Waals surface area (Å²) in [5.74, 6) is 0. The normalized spacial score (nSPS) is 12.7. The zero-order chi connectivity index (χ0) is 10.8. The van der Waals surface area contributed by atoms with E-state index in [0.29, 0.717) is 0 Å². The average Bonchev–Trinajstić information content (AvgIpc) is 2.67. The molecule has 0 aromatic carbocycles. The largest absolute Gasteiger partial charge is 0.323 e. The second-order valence-electron chi connectivity index (χ2n) is 3.63. The first-order valence-corrected chi connectivity index (χ1v) is 4.89. The number of nitrogens with two attached hydrogens (primary N) is 1. The van der Waals surface area contributed by atoms with Crippen LogP contribution in [-0.4, -0.2) is 14.5 Å². The van der Waals surface area contributed by atoms with E-state index < -0.39 is 0 Å². The van der Waals surface area contributed by atoms with Crippen molar-refractivity contribution in [2.45, 2.75) is 19.9 Å². The highest BCUT2D eigenvalue weighted by molar-refractivity contribution is 5.32. The van der Waals surface area contributed by atoms with Crippen LogP contribution in [0.3, 0.4) is 0 Å². The predicted octanol–water partition coefficient (Wildman–Crippen LogP) is 1.60. The van der Waals surface area contributed by atoms with Crippen molar-refractivity contribution in [3.63, 3.8) is 0 Å². The third-order valence-corrected chi connectivity index (χ3v) is 2.31. The zero-order valence-corrected chi connectivity index (χ0v) is 8.88. The van der Waals surface area contributed by atoms with Crippen molar-refractivity contribution >= 4 is 0 Å². The molecule has 2 aromatic rings. The van der Waals surface area contributed by atoms with E-state index >= 15 is 0 Å². The molecule has 2 rings (SSSR count). The highest BCUT2D eigenvalue weighted by Gasteiger charge is 2.07. The minimum absolute atomic E-state index is 0.0335. The van der Waals surface area contributed by atoms with Crippen molar-refractivity contribution in [3.05, 3.63) is 42.2 Å². The van der Waals surface area contributed by atoms with Crippen molar-refractivity contribution in [2.75, 3.05) is 0 Å². The van der Waals surface area contributed by atoms with Gasteiger partial charge in [0.1, 0.15) is 0 Å². The number of aromatic nitrogens is 3. The van der Waals surface area contributed by atoms with Crippen LogP contribution in [0.25, 0.3) is 5.69 Å². The Balaban J connectivity index is 2.45. The summed E-state index contributed by atoms with van der Waals surface area (Å²) in [6.45, 7) is 3.90. The quantitative estimate of drug-likeness (QED) is 0.804. The van der Waals surface area contributed by atoms with Crippen LogP contribution < -0.4 is 5.73 Å². The molecular weight excluding hydrogens is 188 g/mol. The van der Waals surface area contributed by atoms with Gasteiger partial charge in [0.15, 0.2) is 0 Å². The minimum Gasteiger partial charge on any atom is -0.323 e. The maximum absolute atomic E-state index is 5.84. The molecule has 0 amide bonds. The topological polar surface area (TPSA) is 56.7 Å². The molecule has 0 saturated heterocycles. The fourth-order valence-electron chi connectivity index (χ4n) is 1.46. The second-order valence-corrected chi connectivity index (χ2v) is 3.63. The van der Waals surface area contributed by atoms with Gasteiger partial charge in [-0.15, -0.1) is 0 Å². The Kier molecular flexibility index (Phi) is 2.51. The van der Waals surface area contributed by atoms with Crippen molar-refractivity contribution in [2.24, 2.45) is 5.73 Å². The van der Waals surface area contributed by atoms with Gasteiger partial charge >= 0.3 is 0 Å². The van der Waals surface area contributed by atoms with Crippen LogP contribution in [0.15, 0.2) is 30.9 Å². The fraction of sp³-hybridized carbons (Fsp3) is 0.273. The van der Waals surface area contributed by atoms with E-state index in [1.165, 1.54) is 0 Å². The summed E-state index contributed by atoms with van der Waals surface area (Å²) in [5, 5.41) is 0. The number of pyridine rings is 1. The van der Waals surface area contributed by atoms with Crippen molar-refractivity contribution in [3.8, 4) is 5.69 Å². The van der Waals surface area contributed by atoms with Crippen molar-refractivity contribution in [1.82, 2.24) is 14.5 Å². The molecule has 78 valence electrons. The maximum atomic E-state index is 5.84. The van der Waals surface area contributed by atoms with E-state index in [0.717, 1.165) is 17.1 Å². The molecule has 0 aliphatic rings. The van der Waals surface area contributed by atoms with Crippen LogP contribution >= 0.6 is 0 Å². The molecule has 0 aliphatic heterocycles. The highest BCUT2D eigenvalue weighted by Crippen LogP contribution is 2.14. The molecule has 2 heterocycles. The van der Waals surface area contributed by atoms with E-state index in [2.05, 4.69) is 9.97 Å². The summed E-state index contributed by atoms with van der Waals surface area (Å²) >= 11 is 0. The Morgan fingerprint density at radius 3 is 2.73 bits per heavy atom. The fourth-order valence-corrected chi connectivity index (χ4v) is 1.46. The van der Waals surface area contributed by atoms with Crippen LogP contribution in [0.5, 0.6) is 0 Å². The van der Waals surface area contributed by atoms with Crippen LogP contribution in [0.4, 0.5) is 0 Å². The molecular formula is C11H14N4. The number of hydrogen-bond donors (Lipinski definition) is 1. The Morgan fingerprint density at radius 1 is 1.33 bits per heavy atom. The van der Waals surface area contributed by atoms with E-state index in [1.54, 1.807) is 12.5 Å². The van der Waals surface area contributed by atoms with Gasteiger partial charge in [-0.05, 0) is 26.0 Å². The summed E-state index contributed by atoms with van der Waals surface area (Å²) in [4.78, 5) is 8.34. The van der Waals surface area contributed by atoms with Crippen molar-refractivity contribution in [1.29, 1.82) is 0 Å². The molecule has 0 fully saturated rings. The van der Waals surface area contributed by atoms with E-state index in [9.17, 15) is 0 Å². The molecule has 15 heavy (non-hydrogen) atoms. The van der Waals surface area contributed by atoms with Gasteiger partial charge < -0.3 is 10.3 Å². The number of aryl methyl sites for hydroxylation is 1. The first-order valence-electron chi connectivity index (χ1n) is 4.89. The summed E-state index contributed by atoms with van der Waals surface area (Å²) in [7, 11) is 0. The van der Waals surface area contributed by atoms with E-state index in [-0.39, 0.29) is 6.04 Å². The monoisotopic (exact) mass is 202 g/mol. The minimum atomic E-state index is -0.0335. The van der Waals surface area contributed by atoms with Crippen LogP contribution in [0.2, 0.25) is 0 Å². The van der Waals surface area contributed by atoms with Gasteiger partial charge in [-0.2, -0.15) is 0 Å². The van der Waals surface area contributed by atoms with Gasteiger partial charge in [0.25, 0.3) is 0 Å². The lowest BCUT2D eigenvalue weighted by molar-refractivity contribution is 0.751. The number of nitrogens with zero attached hydrogens (tertiary/aromatic N) is 3. The maximum Gasteiger partial charge on any atom is 0.0995 e. The van der Waals surface area contributed by atoms with E-state index in [4.69, 9.17) is 5.73 Å². The molecule has 0 saturated carbocycles. The summed E-state index contributed by atoms with van der Waals surface area (Å²) in [6, 6.07) is 3.95. The van der Waals surface area contributed by atoms with Gasteiger partial charge in [-0.3, -0.25) is 4.98 Å². The van der Waals surface area contributed by atoms with Gasteiger partial charge in [-0.25, -0.2) is 4.98 Å². The first kappa shape index (κ1) is 9.86. The Hall–Kier alpha value is -1.68. The molecule has 4 heteroatoms. The van der Waals surface area contributed by atoms with E-state index in [1.807, 2.05) is 36.7 Å². The van der Waals surface area contributed by atoms with Crippen molar-refractivity contribution < 1.29 is 0 Å². The van der Waals surface area contributed by atoms with Gasteiger partial charge in [-0.1, -0.05) is 0 Å². The zero-order valence-electron chi connectivity index (χ0n) is 8.88. The molecule has 0 aliphatic carbocycles. The summed E-state index contributed by atoms with van der Waals surface area (Å²) in [6.07, 6.45) is 5.36. The molecule has 0 bridgehead atoms. The van der Waals surface area contributed by atoms with Crippen LogP contribution in [0, 0.1) is 6.92 Å². The lowest BCUT2D eigenvalue weighted by Gasteiger charge is -2.10. The molecule has 0 unspecified atom stereocenters. The Bertz CT molecular complexity index is 442. The molecule has 1 atom stereocenters. The molecule has 2 N–H and O–H groups in total. The SMILES string of the molecule is Cc1ccc(-n2cncc2[C@H](C)N)cn1. The molecule has 2 aromatic heterocycles. The van der Waals surface area contributed by atoms with Crippen LogP contribution in [-0.2, 0) is 0 Å². The van der Waals surface area contributed by atoms with Crippen LogP contribution in [0.1, 0.15) is 24.4 Å². The summed E-state index contributed by atoms with van der Waals surface area (Å²) in [5.41, 5.74) is 8.82. The van der Waals surface area contributed by atoms with Gasteiger partial charge in [0.2, 0.25) is 0 Å². The first-order chi connectivity index (χ1) is 7.18. The highest BCUT2D eigenvalue weighted by atomic mass is 15.1. The Labute approximate surface area is 88.8 Å². The number of imidazole rings is 1. The lowest BCUT2D eigenvalue weighted by Crippen LogP contribution is -2.10. The van der Waals surface area contributed by atoms with Gasteiger partial charge in [0, 0.05) is 11.7 Å². The number of rotatable bonds is 2. The average molecular weight is 202 g/mol.